The van der Waals surface area contributed by atoms with Crippen LogP contribution in [-0.4, -0.2) is 7.11 Å². The van der Waals surface area contributed by atoms with Crippen molar-refractivity contribution in [1.29, 1.82) is 0 Å². The van der Waals surface area contributed by atoms with Crippen molar-refractivity contribution in [3.8, 4) is 5.75 Å². The Labute approximate surface area is 98.9 Å². The summed E-state index contributed by atoms with van der Waals surface area (Å²) >= 11 is 3.51. The van der Waals surface area contributed by atoms with Crippen LogP contribution in [-0.2, 0) is 5.54 Å². The molecule has 1 aliphatic rings. The molecular formula is C12H16BrNO. The van der Waals surface area contributed by atoms with Gasteiger partial charge in [-0.3, -0.25) is 0 Å². The number of halogens is 1. The van der Waals surface area contributed by atoms with Crippen molar-refractivity contribution in [2.45, 2.75) is 31.7 Å². The van der Waals surface area contributed by atoms with Gasteiger partial charge in [-0.1, -0.05) is 6.07 Å². The SMILES string of the molecule is COc1c(Br)ccc(C)c1C1(N)CCC1. The molecule has 0 saturated heterocycles. The molecule has 0 aromatic heterocycles. The summed E-state index contributed by atoms with van der Waals surface area (Å²) in [5, 5.41) is 0. The van der Waals surface area contributed by atoms with E-state index >= 15 is 0 Å². The lowest BCUT2D eigenvalue weighted by Gasteiger charge is -2.40. The van der Waals surface area contributed by atoms with Crippen LogP contribution in [0.25, 0.3) is 0 Å². The molecule has 2 nitrogen and oxygen atoms in total. The van der Waals surface area contributed by atoms with Crippen LogP contribution in [0, 0.1) is 6.92 Å². The average molecular weight is 270 g/mol. The van der Waals surface area contributed by atoms with Crippen LogP contribution >= 0.6 is 15.9 Å². The van der Waals surface area contributed by atoms with Crippen LogP contribution < -0.4 is 10.5 Å². The summed E-state index contributed by atoms with van der Waals surface area (Å²) in [6.07, 6.45) is 3.33. The number of aryl methyl sites for hydroxylation is 1. The topological polar surface area (TPSA) is 35.2 Å². The third-order valence-corrected chi connectivity index (χ3v) is 3.89. The summed E-state index contributed by atoms with van der Waals surface area (Å²) in [6.45, 7) is 2.09. The Morgan fingerprint density at radius 2 is 2.07 bits per heavy atom. The van der Waals surface area contributed by atoms with E-state index in [9.17, 15) is 0 Å². The summed E-state index contributed by atoms with van der Waals surface area (Å²) in [5.41, 5.74) is 8.59. The van der Waals surface area contributed by atoms with Crippen molar-refractivity contribution in [2.24, 2.45) is 5.73 Å². The van der Waals surface area contributed by atoms with Gasteiger partial charge in [-0.05, 0) is 53.7 Å². The van der Waals surface area contributed by atoms with Crippen LogP contribution in [0.15, 0.2) is 16.6 Å². The van der Waals surface area contributed by atoms with Gasteiger partial charge >= 0.3 is 0 Å². The van der Waals surface area contributed by atoms with Gasteiger partial charge in [-0.15, -0.1) is 0 Å². The lowest BCUT2D eigenvalue weighted by atomic mass is 9.71. The lowest BCUT2D eigenvalue weighted by Crippen LogP contribution is -2.44. The molecule has 0 heterocycles. The van der Waals surface area contributed by atoms with Gasteiger partial charge in [0.1, 0.15) is 5.75 Å². The summed E-state index contributed by atoms with van der Waals surface area (Å²) in [6, 6.07) is 4.11. The number of nitrogens with two attached hydrogens (primary N) is 1. The van der Waals surface area contributed by atoms with E-state index in [1.54, 1.807) is 7.11 Å². The first-order chi connectivity index (χ1) is 7.08. The minimum Gasteiger partial charge on any atom is -0.495 e. The predicted molar refractivity (Wildman–Crippen MR) is 65.1 cm³/mol. The molecule has 1 aromatic rings. The molecule has 1 aliphatic carbocycles. The molecule has 0 aliphatic heterocycles. The zero-order valence-corrected chi connectivity index (χ0v) is 10.7. The third-order valence-electron chi connectivity index (χ3n) is 3.27. The molecule has 1 saturated carbocycles. The van der Waals surface area contributed by atoms with E-state index < -0.39 is 0 Å². The Hall–Kier alpha value is -0.540. The van der Waals surface area contributed by atoms with Crippen LogP contribution in [0.3, 0.4) is 0 Å². The molecule has 0 amide bonds. The van der Waals surface area contributed by atoms with Gasteiger partial charge in [0.2, 0.25) is 0 Å². The van der Waals surface area contributed by atoms with Gasteiger partial charge in [0, 0.05) is 11.1 Å². The molecule has 3 heteroatoms. The Balaban J connectivity index is 2.57. The molecule has 0 atom stereocenters. The molecule has 2 N–H and O–H groups in total. The number of hydrogen-bond donors (Lipinski definition) is 1. The summed E-state index contributed by atoms with van der Waals surface area (Å²) < 4.78 is 6.44. The van der Waals surface area contributed by atoms with E-state index in [0.29, 0.717) is 0 Å². The fourth-order valence-electron chi connectivity index (χ4n) is 2.28. The minimum absolute atomic E-state index is 0.167. The van der Waals surface area contributed by atoms with Crippen LogP contribution in [0.5, 0.6) is 5.75 Å². The lowest BCUT2D eigenvalue weighted by molar-refractivity contribution is 0.242. The van der Waals surface area contributed by atoms with E-state index in [4.69, 9.17) is 10.5 Å². The normalized spacial score (nSPS) is 18.4. The second-order valence-corrected chi connectivity index (χ2v) is 5.14. The molecule has 1 aromatic carbocycles. The first-order valence-corrected chi connectivity index (χ1v) is 6.00. The molecule has 2 rings (SSSR count). The minimum atomic E-state index is -0.167. The molecular weight excluding hydrogens is 254 g/mol. The van der Waals surface area contributed by atoms with E-state index in [1.807, 2.05) is 6.07 Å². The van der Waals surface area contributed by atoms with Crippen LogP contribution in [0.2, 0.25) is 0 Å². The molecule has 0 unspecified atom stereocenters. The van der Waals surface area contributed by atoms with Crippen molar-refractivity contribution in [3.05, 3.63) is 27.7 Å². The van der Waals surface area contributed by atoms with E-state index in [2.05, 4.69) is 28.9 Å². The smallest absolute Gasteiger partial charge is 0.138 e. The van der Waals surface area contributed by atoms with Crippen LogP contribution in [0.4, 0.5) is 0 Å². The van der Waals surface area contributed by atoms with Gasteiger partial charge in [-0.2, -0.15) is 0 Å². The molecule has 1 fully saturated rings. The number of benzene rings is 1. The number of ether oxygens (including phenoxy) is 1. The van der Waals surface area contributed by atoms with Gasteiger partial charge < -0.3 is 10.5 Å². The first-order valence-electron chi connectivity index (χ1n) is 5.21. The Morgan fingerprint density at radius 3 is 2.53 bits per heavy atom. The van der Waals surface area contributed by atoms with Crippen molar-refractivity contribution in [2.75, 3.05) is 7.11 Å². The van der Waals surface area contributed by atoms with Crippen LogP contribution in [0.1, 0.15) is 30.4 Å². The van der Waals surface area contributed by atoms with Gasteiger partial charge in [0.05, 0.1) is 11.6 Å². The summed E-state index contributed by atoms with van der Waals surface area (Å²) in [5.74, 6) is 0.900. The van der Waals surface area contributed by atoms with Gasteiger partial charge in [0.15, 0.2) is 0 Å². The molecule has 15 heavy (non-hydrogen) atoms. The first kappa shape index (κ1) is 11.0. The average Bonchev–Trinajstić information content (AvgIpc) is 2.17. The quantitative estimate of drug-likeness (QED) is 0.896. The third kappa shape index (κ3) is 1.68. The fourth-order valence-corrected chi connectivity index (χ4v) is 2.77. The second kappa shape index (κ2) is 3.80. The van der Waals surface area contributed by atoms with Crippen molar-refractivity contribution >= 4 is 15.9 Å². The van der Waals surface area contributed by atoms with Crippen molar-refractivity contribution in [3.63, 3.8) is 0 Å². The Morgan fingerprint density at radius 1 is 1.40 bits per heavy atom. The molecule has 0 bridgehead atoms. The standard InChI is InChI=1S/C12H16BrNO/c1-8-4-5-9(13)11(15-2)10(8)12(14)6-3-7-12/h4-5H,3,6-7,14H2,1-2H3. The number of methoxy groups -OCH3 is 1. The maximum Gasteiger partial charge on any atom is 0.138 e. The zero-order chi connectivity index (χ0) is 11.1. The van der Waals surface area contributed by atoms with E-state index in [0.717, 1.165) is 23.1 Å². The Bertz CT molecular complexity index is 385. The maximum atomic E-state index is 6.37. The highest BCUT2D eigenvalue weighted by atomic mass is 79.9. The Kier molecular flexibility index (Phi) is 2.77. The highest BCUT2D eigenvalue weighted by Crippen LogP contribution is 2.46. The number of hydrogen-bond acceptors (Lipinski definition) is 2. The fraction of sp³-hybridized carbons (Fsp3) is 0.500. The van der Waals surface area contributed by atoms with Gasteiger partial charge in [0.25, 0.3) is 0 Å². The van der Waals surface area contributed by atoms with Gasteiger partial charge in [-0.25, -0.2) is 0 Å². The maximum absolute atomic E-state index is 6.37. The molecule has 0 radical (unpaired) electrons. The van der Waals surface area contributed by atoms with Crippen molar-refractivity contribution < 1.29 is 4.74 Å². The summed E-state index contributed by atoms with van der Waals surface area (Å²) in [4.78, 5) is 0. The summed E-state index contributed by atoms with van der Waals surface area (Å²) in [7, 11) is 1.70. The van der Waals surface area contributed by atoms with E-state index in [1.165, 1.54) is 17.5 Å². The monoisotopic (exact) mass is 269 g/mol. The largest absolute Gasteiger partial charge is 0.495 e. The van der Waals surface area contributed by atoms with Crippen molar-refractivity contribution in [1.82, 2.24) is 0 Å². The molecule has 0 spiro atoms. The predicted octanol–water partition coefficient (Wildman–Crippen LogP) is 3.10. The second-order valence-electron chi connectivity index (χ2n) is 4.28. The number of rotatable bonds is 2. The highest BCUT2D eigenvalue weighted by molar-refractivity contribution is 9.10. The zero-order valence-electron chi connectivity index (χ0n) is 9.14. The van der Waals surface area contributed by atoms with E-state index in [-0.39, 0.29) is 5.54 Å². The highest BCUT2D eigenvalue weighted by Gasteiger charge is 2.38. The molecule has 82 valence electrons.